The third-order valence-electron chi connectivity index (χ3n) is 4.94. The Hall–Kier alpha value is -1.68. The lowest BCUT2D eigenvalue weighted by atomic mass is 10.1. The van der Waals surface area contributed by atoms with Gasteiger partial charge in [-0.15, -0.1) is 24.0 Å². The fraction of sp³-hybridized carbons (Fsp3) is 0.524. The summed E-state index contributed by atoms with van der Waals surface area (Å²) >= 11 is 0. The van der Waals surface area contributed by atoms with Crippen LogP contribution >= 0.6 is 24.0 Å². The molecule has 0 amide bonds. The number of H-pyrrole nitrogens is 1. The van der Waals surface area contributed by atoms with Gasteiger partial charge in [0.2, 0.25) is 0 Å². The lowest BCUT2D eigenvalue weighted by molar-refractivity contribution is -0.0605. The Balaban J connectivity index is 0.00000300. The Bertz CT molecular complexity index is 780. The number of aliphatic imine (C=N–C) groups is 1. The van der Waals surface area contributed by atoms with Crippen molar-refractivity contribution in [1.29, 1.82) is 0 Å². The molecule has 2 aromatic rings. The van der Waals surface area contributed by atoms with Crippen LogP contribution in [0.4, 0.5) is 4.39 Å². The highest BCUT2D eigenvalue weighted by Crippen LogP contribution is 2.25. The molecule has 1 saturated heterocycles. The third kappa shape index (κ3) is 6.67. The Morgan fingerprint density at radius 3 is 2.76 bits per heavy atom. The maximum Gasteiger partial charge on any atom is 0.194 e. The van der Waals surface area contributed by atoms with E-state index in [0.29, 0.717) is 6.54 Å². The molecule has 1 aromatic heterocycles. The molecule has 160 valence electrons. The van der Waals surface area contributed by atoms with E-state index in [9.17, 15) is 4.39 Å². The van der Waals surface area contributed by atoms with Crippen molar-refractivity contribution in [1.82, 2.24) is 20.4 Å². The molecule has 1 aliphatic heterocycles. The number of benzene rings is 1. The van der Waals surface area contributed by atoms with Crippen LogP contribution in [0, 0.1) is 12.7 Å². The summed E-state index contributed by atoms with van der Waals surface area (Å²) in [6, 6.07) is 6.57. The molecule has 0 radical (unpaired) electrons. The fourth-order valence-electron chi connectivity index (χ4n) is 3.49. The van der Waals surface area contributed by atoms with Gasteiger partial charge in [0.1, 0.15) is 11.9 Å². The van der Waals surface area contributed by atoms with Crippen molar-refractivity contribution in [3.8, 4) is 0 Å². The van der Waals surface area contributed by atoms with E-state index in [1.807, 2.05) is 13.1 Å². The van der Waals surface area contributed by atoms with Crippen LogP contribution in [0.3, 0.4) is 0 Å². The fourth-order valence-corrected chi connectivity index (χ4v) is 3.49. The summed E-state index contributed by atoms with van der Waals surface area (Å²) in [5.41, 5.74) is 3.36. The van der Waals surface area contributed by atoms with Crippen molar-refractivity contribution >= 4 is 29.9 Å². The second-order valence-corrected chi connectivity index (χ2v) is 7.25. The van der Waals surface area contributed by atoms with Crippen molar-refractivity contribution in [3.63, 3.8) is 0 Å². The number of ether oxygens (including phenoxy) is 1. The predicted molar refractivity (Wildman–Crippen MR) is 124 cm³/mol. The Kier molecular flexibility index (Phi) is 9.35. The molecule has 3 rings (SSSR count). The normalized spacial score (nSPS) is 19.7. The molecule has 2 heterocycles. The molecular formula is C21H31FIN5O. The van der Waals surface area contributed by atoms with Gasteiger partial charge >= 0.3 is 0 Å². The number of guanidine groups is 1. The molecule has 0 aliphatic carbocycles. The second kappa shape index (κ2) is 11.5. The zero-order valence-electron chi connectivity index (χ0n) is 17.3. The number of hydrogen-bond donors (Lipinski definition) is 2. The monoisotopic (exact) mass is 515 g/mol. The van der Waals surface area contributed by atoms with E-state index >= 15 is 0 Å². The van der Waals surface area contributed by atoms with E-state index in [1.54, 1.807) is 12.1 Å². The molecule has 2 atom stereocenters. The molecule has 1 aromatic carbocycles. The zero-order valence-corrected chi connectivity index (χ0v) is 19.7. The van der Waals surface area contributed by atoms with E-state index in [2.05, 4.69) is 34.3 Å². The van der Waals surface area contributed by atoms with Gasteiger partial charge in [0.25, 0.3) is 0 Å². The standard InChI is InChI=1S/C21H30FN5O.HI/c1-4-23-21(24-11-5-6-18-12-25-26-16(18)3)27-13-15(2)28-20(14-27)17-7-9-19(22)10-8-17;/h7-10,12,15,20H,4-6,11,13-14H2,1-3H3,(H,23,24)(H,25,26);1H. The number of aryl methyl sites for hydroxylation is 2. The Morgan fingerprint density at radius 2 is 2.10 bits per heavy atom. The molecule has 29 heavy (non-hydrogen) atoms. The van der Waals surface area contributed by atoms with Crippen molar-refractivity contribution < 1.29 is 9.13 Å². The van der Waals surface area contributed by atoms with Gasteiger partial charge < -0.3 is 15.0 Å². The van der Waals surface area contributed by atoms with Crippen LogP contribution < -0.4 is 5.32 Å². The number of nitrogens with zero attached hydrogens (tertiary/aromatic N) is 3. The number of aromatic amines is 1. The first-order chi connectivity index (χ1) is 13.6. The molecule has 1 aliphatic rings. The summed E-state index contributed by atoms with van der Waals surface area (Å²) in [6.07, 6.45) is 3.80. The van der Waals surface area contributed by atoms with Crippen molar-refractivity contribution in [3.05, 3.63) is 53.1 Å². The molecule has 6 nitrogen and oxygen atoms in total. The van der Waals surface area contributed by atoms with E-state index in [4.69, 9.17) is 9.73 Å². The van der Waals surface area contributed by atoms with Gasteiger partial charge in [-0.3, -0.25) is 10.1 Å². The second-order valence-electron chi connectivity index (χ2n) is 7.25. The van der Waals surface area contributed by atoms with Gasteiger partial charge in [-0.1, -0.05) is 12.1 Å². The average Bonchev–Trinajstić information content (AvgIpc) is 3.09. The SMILES string of the molecule is CCNC(=NCCCc1cn[nH]c1C)N1CC(C)OC(c2ccc(F)cc2)C1.I. The van der Waals surface area contributed by atoms with Crippen LogP contribution in [0.15, 0.2) is 35.5 Å². The number of morpholine rings is 1. The highest BCUT2D eigenvalue weighted by atomic mass is 127. The first-order valence-corrected chi connectivity index (χ1v) is 9.99. The van der Waals surface area contributed by atoms with E-state index in [-0.39, 0.29) is 42.0 Å². The number of halogens is 2. The largest absolute Gasteiger partial charge is 0.367 e. The number of rotatable bonds is 6. The molecule has 2 unspecified atom stereocenters. The molecular weight excluding hydrogens is 484 g/mol. The van der Waals surface area contributed by atoms with Gasteiger partial charge in [0, 0.05) is 25.3 Å². The van der Waals surface area contributed by atoms with Crippen LogP contribution in [0.5, 0.6) is 0 Å². The maximum atomic E-state index is 13.2. The van der Waals surface area contributed by atoms with Gasteiger partial charge in [-0.05, 0) is 56.9 Å². The minimum atomic E-state index is -0.229. The van der Waals surface area contributed by atoms with Crippen molar-refractivity contribution in [2.24, 2.45) is 4.99 Å². The van der Waals surface area contributed by atoms with Crippen LogP contribution in [0.25, 0.3) is 0 Å². The number of aromatic nitrogens is 2. The predicted octanol–water partition coefficient (Wildman–Crippen LogP) is 3.84. The topological polar surface area (TPSA) is 65.5 Å². The van der Waals surface area contributed by atoms with Crippen molar-refractivity contribution in [2.45, 2.75) is 45.8 Å². The molecule has 1 fully saturated rings. The quantitative estimate of drug-likeness (QED) is 0.266. The summed E-state index contributed by atoms with van der Waals surface area (Å²) in [7, 11) is 0. The minimum absolute atomic E-state index is 0. The summed E-state index contributed by atoms with van der Waals surface area (Å²) < 4.78 is 19.4. The van der Waals surface area contributed by atoms with Crippen molar-refractivity contribution in [2.75, 3.05) is 26.2 Å². The summed E-state index contributed by atoms with van der Waals surface area (Å²) in [5.74, 6) is 0.681. The van der Waals surface area contributed by atoms with Gasteiger partial charge in [0.15, 0.2) is 5.96 Å². The molecule has 0 bridgehead atoms. The summed E-state index contributed by atoms with van der Waals surface area (Å²) in [5, 5.41) is 10.4. The van der Waals surface area contributed by atoms with Crippen LogP contribution in [0.1, 0.15) is 43.2 Å². The summed E-state index contributed by atoms with van der Waals surface area (Å²) in [4.78, 5) is 7.07. The highest BCUT2D eigenvalue weighted by Gasteiger charge is 2.28. The Labute approximate surface area is 189 Å². The third-order valence-corrected chi connectivity index (χ3v) is 4.94. The number of hydrogen-bond acceptors (Lipinski definition) is 3. The summed E-state index contributed by atoms with van der Waals surface area (Å²) in [6.45, 7) is 9.22. The smallest absolute Gasteiger partial charge is 0.194 e. The zero-order chi connectivity index (χ0) is 19.9. The first-order valence-electron chi connectivity index (χ1n) is 9.99. The minimum Gasteiger partial charge on any atom is -0.367 e. The van der Waals surface area contributed by atoms with Gasteiger partial charge in [-0.25, -0.2) is 4.39 Å². The molecule has 8 heteroatoms. The van der Waals surface area contributed by atoms with Gasteiger partial charge in [0.05, 0.1) is 18.8 Å². The molecule has 0 saturated carbocycles. The number of nitrogens with one attached hydrogen (secondary N) is 2. The van der Waals surface area contributed by atoms with Crippen LogP contribution in [-0.2, 0) is 11.2 Å². The molecule has 2 N–H and O–H groups in total. The van der Waals surface area contributed by atoms with E-state index < -0.39 is 0 Å². The van der Waals surface area contributed by atoms with E-state index in [0.717, 1.165) is 49.7 Å². The lowest BCUT2D eigenvalue weighted by Gasteiger charge is -2.38. The van der Waals surface area contributed by atoms with Crippen LogP contribution in [0.2, 0.25) is 0 Å². The average molecular weight is 515 g/mol. The Morgan fingerprint density at radius 1 is 1.34 bits per heavy atom. The molecule has 0 spiro atoms. The van der Waals surface area contributed by atoms with E-state index in [1.165, 1.54) is 17.7 Å². The lowest BCUT2D eigenvalue weighted by Crippen LogP contribution is -2.50. The highest BCUT2D eigenvalue weighted by molar-refractivity contribution is 14.0. The van der Waals surface area contributed by atoms with Gasteiger partial charge in [-0.2, -0.15) is 5.10 Å². The first kappa shape index (κ1) is 23.6. The van der Waals surface area contributed by atoms with Crippen LogP contribution in [-0.4, -0.2) is 53.3 Å². The maximum absolute atomic E-state index is 13.2.